The molecule has 0 atom stereocenters. The average molecular weight is 369 g/mol. The molecule has 5 nitrogen and oxygen atoms in total. The van der Waals surface area contributed by atoms with Gasteiger partial charge in [0.1, 0.15) is 0 Å². The molecule has 0 bridgehead atoms. The molecule has 2 aliphatic rings. The van der Waals surface area contributed by atoms with Crippen LogP contribution in [-0.4, -0.2) is 52.2 Å². The first-order chi connectivity index (χ1) is 11.6. The molecule has 0 saturated carbocycles. The Morgan fingerprint density at radius 3 is 2.28 bits per heavy atom. The van der Waals surface area contributed by atoms with E-state index in [0.29, 0.717) is 5.91 Å². The lowest BCUT2D eigenvalue weighted by Crippen LogP contribution is -2.42. The first-order valence-electron chi connectivity index (χ1n) is 8.83. The van der Waals surface area contributed by atoms with Crippen LogP contribution >= 0.6 is 0 Å². The van der Waals surface area contributed by atoms with Gasteiger partial charge >= 0.3 is 0 Å². The Morgan fingerprint density at radius 1 is 1.28 bits per heavy atom. The van der Waals surface area contributed by atoms with E-state index in [9.17, 15) is 13.2 Å². The van der Waals surface area contributed by atoms with Gasteiger partial charge in [-0.3, -0.25) is 4.79 Å². The third kappa shape index (κ3) is 6.44. The Kier molecular flexibility index (Phi) is 8.09. The van der Waals surface area contributed by atoms with E-state index in [1.54, 1.807) is 6.08 Å². The van der Waals surface area contributed by atoms with Crippen molar-refractivity contribution in [2.75, 3.05) is 32.9 Å². The first-order valence-corrected chi connectivity index (χ1v) is 10.7. The predicted molar refractivity (Wildman–Crippen MR) is 104 cm³/mol. The Labute approximate surface area is 152 Å². The maximum Gasteiger partial charge on any atom is 0.226 e. The Hall–Kier alpha value is -1.40. The van der Waals surface area contributed by atoms with Crippen molar-refractivity contribution in [1.29, 1.82) is 0 Å². The van der Waals surface area contributed by atoms with Gasteiger partial charge in [0.25, 0.3) is 0 Å². The Balaban J connectivity index is 0.000000250. The zero-order valence-electron chi connectivity index (χ0n) is 16.0. The second-order valence-electron chi connectivity index (χ2n) is 6.88. The fraction of sp³-hybridized carbons (Fsp3) is 0.632. The van der Waals surface area contributed by atoms with Crippen molar-refractivity contribution in [1.82, 2.24) is 10.2 Å². The van der Waals surface area contributed by atoms with Gasteiger partial charge in [0.15, 0.2) is 9.84 Å². The van der Waals surface area contributed by atoms with Crippen molar-refractivity contribution in [2.45, 2.75) is 39.5 Å². The molecule has 0 radical (unpaired) electrons. The molecule has 1 amide bonds. The fourth-order valence-electron chi connectivity index (χ4n) is 2.98. The van der Waals surface area contributed by atoms with E-state index in [4.69, 9.17) is 0 Å². The molecule has 25 heavy (non-hydrogen) atoms. The topological polar surface area (TPSA) is 66.5 Å². The van der Waals surface area contributed by atoms with E-state index >= 15 is 0 Å². The zero-order valence-corrected chi connectivity index (χ0v) is 16.8. The van der Waals surface area contributed by atoms with Crippen molar-refractivity contribution in [3.8, 4) is 0 Å². The molecule has 0 aliphatic carbocycles. The molecule has 6 heteroatoms. The van der Waals surface area contributed by atoms with E-state index in [-0.39, 0.29) is 10.3 Å². The lowest BCUT2D eigenvalue weighted by Gasteiger charge is -2.35. The van der Waals surface area contributed by atoms with Gasteiger partial charge in [-0.2, -0.15) is 0 Å². The van der Waals surface area contributed by atoms with Crippen LogP contribution in [0.3, 0.4) is 0 Å². The number of carbonyl (C=O) groups excluding carboxylic acids is 1. The minimum atomic E-state index is -3.12. The Morgan fingerprint density at radius 2 is 1.88 bits per heavy atom. The van der Waals surface area contributed by atoms with Gasteiger partial charge in [-0.25, -0.2) is 8.42 Å². The van der Waals surface area contributed by atoms with Crippen LogP contribution in [-0.2, 0) is 14.6 Å². The van der Waals surface area contributed by atoms with E-state index in [0.717, 1.165) is 57.1 Å². The van der Waals surface area contributed by atoms with Gasteiger partial charge in [0, 0.05) is 12.8 Å². The third-order valence-corrected chi connectivity index (χ3v) is 6.14. The van der Waals surface area contributed by atoms with Gasteiger partial charge in [-0.1, -0.05) is 31.2 Å². The summed E-state index contributed by atoms with van der Waals surface area (Å²) in [5.74, 6) is 0.301. The average Bonchev–Trinajstić information content (AvgIpc) is 2.91. The number of nitrogens with one attached hydrogen (secondary N) is 1. The van der Waals surface area contributed by atoms with Crippen molar-refractivity contribution in [3.05, 3.63) is 35.3 Å². The smallest absolute Gasteiger partial charge is 0.226 e. The fourth-order valence-corrected chi connectivity index (χ4v) is 3.30. The van der Waals surface area contributed by atoms with Crippen LogP contribution in [0.15, 0.2) is 35.3 Å². The van der Waals surface area contributed by atoms with Gasteiger partial charge in [-0.05, 0) is 58.8 Å². The molecule has 2 aliphatic heterocycles. The lowest BCUT2D eigenvalue weighted by atomic mass is 9.77. The second-order valence-corrected chi connectivity index (χ2v) is 8.95. The summed E-state index contributed by atoms with van der Waals surface area (Å²) in [5, 5.41) is 2.94. The van der Waals surface area contributed by atoms with Gasteiger partial charge in [0.2, 0.25) is 5.91 Å². The van der Waals surface area contributed by atoms with Gasteiger partial charge in [-0.15, -0.1) is 0 Å². The quantitative estimate of drug-likeness (QED) is 0.775. The second kappa shape index (κ2) is 9.34. The van der Waals surface area contributed by atoms with Crippen LogP contribution in [0.1, 0.15) is 39.5 Å². The van der Waals surface area contributed by atoms with Gasteiger partial charge in [0.05, 0.1) is 10.3 Å². The molecule has 0 aromatic rings. The number of hydrogen-bond donors (Lipinski definition) is 1. The number of piperidine rings is 1. The normalized spacial score (nSPS) is 21.1. The molecule has 142 valence electrons. The predicted octanol–water partition coefficient (Wildman–Crippen LogP) is 2.68. The highest BCUT2D eigenvalue weighted by molar-refractivity contribution is 7.94. The standard InChI is InChI=1S/C10H16O2S.C9H16N2O/c1-5-10(6-2)8-7-9(3)13(4,11)12;1-11-6-3-9(4-7-11)2-5-10-8(9)12/h5,7-8H,3,6H2,1-2,4H3;2-7H2,1H3,(H,10,12)/b8-7-,10-5-;. The lowest BCUT2D eigenvalue weighted by molar-refractivity contribution is -0.129. The van der Waals surface area contributed by atoms with Crippen LogP contribution in [0.5, 0.6) is 0 Å². The SMILES string of the molecule is C=C(/C=C\C(=C/C)CC)S(C)(=O)=O.CN1CCC2(CCNC2=O)CC1. The highest BCUT2D eigenvalue weighted by Gasteiger charge is 2.43. The highest BCUT2D eigenvalue weighted by Crippen LogP contribution is 2.37. The van der Waals surface area contributed by atoms with E-state index < -0.39 is 9.84 Å². The van der Waals surface area contributed by atoms with E-state index in [1.807, 2.05) is 19.9 Å². The summed E-state index contributed by atoms with van der Waals surface area (Å²) in [4.78, 5) is 14.0. The molecule has 2 saturated heterocycles. The van der Waals surface area contributed by atoms with Crippen molar-refractivity contribution in [2.24, 2.45) is 5.41 Å². The zero-order chi connectivity index (χ0) is 19.1. The first kappa shape index (κ1) is 21.6. The molecule has 2 rings (SSSR count). The summed E-state index contributed by atoms with van der Waals surface area (Å²) in [5.41, 5.74) is 1.12. The molecule has 2 fully saturated rings. The minimum absolute atomic E-state index is 0.0203. The maximum absolute atomic E-state index is 11.5. The summed E-state index contributed by atoms with van der Waals surface area (Å²) in [7, 11) is -0.999. The molecule has 2 heterocycles. The molecular weight excluding hydrogens is 336 g/mol. The third-order valence-electron chi connectivity index (χ3n) is 5.05. The number of rotatable bonds is 4. The van der Waals surface area contributed by atoms with Crippen LogP contribution < -0.4 is 5.32 Å². The Bertz CT molecular complexity index is 640. The number of allylic oxidation sites excluding steroid dienone is 4. The minimum Gasteiger partial charge on any atom is -0.356 e. The van der Waals surface area contributed by atoms with Crippen LogP contribution in [0.25, 0.3) is 0 Å². The number of hydrogen-bond acceptors (Lipinski definition) is 4. The highest BCUT2D eigenvalue weighted by atomic mass is 32.2. The van der Waals surface area contributed by atoms with Crippen molar-refractivity contribution < 1.29 is 13.2 Å². The number of amides is 1. The number of sulfone groups is 1. The van der Waals surface area contributed by atoms with Crippen molar-refractivity contribution in [3.63, 3.8) is 0 Å². The molecule has 0 unspecified atom stereocenters. The maximum atomic E-state index is 11.5. The number of likely N-dealkylation sites (tertiary alicyclic amines) is 1. The summed E-state index contributed by atoms with van der Waals surface area (Å²) in [6.07, 6.45) is 10.5. The summed E-state index contributed by atoms with van der Waals surface area (Å²) in [6.45, 7) is 10.4. The monoisotopic (exact) mass is 368 g/mol. The molecule has 1 N–H and O–H groups in total. The van der Waals surface area contributed by atoms with Crippen LogP contribution in [0.4, 0.5) is 0 Å². The van der Waals surface area contributed by atoms with E-state index in [1.165, 1.54) is 6.08 Å². The molecular formula is C19H32N2O3S. The van der Waals surface area contributed by atoms with Crippen LogP contribution in [0, 0.1) is 5.41 Å². The number of carbonyl (C=O) groups is 1. The molecule has 0 aromatic heterocycles. The van der Waals surface area contributed by atoms with Gasteiger partial charge < -0.3 is 10.2 Å². The van der Waals surface area contributed by atoms with Crippen molar-refractivity contribution >= 4 is 15.7 Å². The number of nitrogens with zero attached hydrogens (tertiary/aromatic N) is 1. The molecule has 0 aromatic carbocycles. The molecule has 1 spiro atoms. The summed E-state index contributed by atoms with van der Waals surface area (Å²) in [6, 6.07) is 0. The summed E-state index contributed by atoms with van der Waals surface area (Å²) >= 11 is 0. The largest absolute Gasteiger partial charge is 0.356 e. The summed E-state index contributed by atoms with van der Waals surface area (Å²) < 4.78 is 21.9. The van der Waals surface area contributed by atoms with Crippen LogP contribution in [0.2, 0.25) is 0 Å². The van der Waals surface area contributed by atoms with E-state index in [2.05, 4.69) is 23.8 Å².